The molecule has 0 spiro atoms. The van der Waals surface area contributed by atoms with Crippen LogP contribution >= 0.6 is 0 Å². The second kappa shape index (κ2) is 4.67. The van der Waals surface area contributed by atoms with Gasteiger partial charge >= 0.3 is 5.97 Å². The van der Waals surface area contributed by atoms with E-state index in [4.69, 9.17) is 14.3 Å². The van der Waals surface area contributed by atoms with Crippen LogP contribution in [0.15, 0.2) is 16.7 Å². The Balaban J connectivity index is 1.95. The van der Waals surface area contributed by atoms with Gasteiger partial charge in [0, 0.05) is 13.1 Å². The molecule has 2 rings (SSSR count). The second-order valence-electron chi connectivity index (χ2n) is 4.02. The van der Waals surface area contributed by atoms with Gasteiger partial charge in [-0.25, -0.2) is 4.79 Å². The number of aromatic carboxylic acids is 1. The molecule has 1 N–H and O–H groups in total. The molecular formula is C11H15NO4. The first-order chi connectivity index (χ1) is 7.65. The maximum absolute atomic E-state index is 10.7. The summed E-state index contributed by atoms with van der Waals surface area (Å²) in [7, 11) is 0. The summed E-state index contributed by atoms with van der Waals surface area (Å²) in [5.41, 5.74) is 0.205. The topological polar surface area (TPSA) is 62.9 Å². The molecule has 2 heterocycles. The Kier molecular flexibility index (Phi) is 3.26. The summed E-state index contributed by atoms with van der Waals surface area (Å²) in [5.74, 6) is -0.267. The molecular weight excluding hydrogens is 210 g/mol. The van der Waals surface area contributed by atoms with E-state index in [0.717, 1.165) is 13.1 Å². The van der Waals surface area contributed by atoms with Crippen molar-refractivity contribution in [2.45, 2.75) is 19.6 Å². The Morgan fingerprint density at radius 2 is 2.50 bits per heavy atom. The highest BCUT2D eigenvalue weighted by atomic mass is 16.5. The van der Waals surface area contributed by atoms with Crippen LogP contribution in [0.3, 0.4) is 0 Å². The van der Waals surface area contributed by atoms with Gasteiger partial charge in [-0.2, -0.15) is 0 Å². The molecule has 16 heavy (non-hydrogen) atoms. The number of carboxylic acids is 1. The van der Waals surface area contributed by atoms with E-state index in [1.165, 1.54) is 6.26 Å². The number of morpholine rings is 1. The van der Waals surface area contributed by atoms with Gasteiger partial charge in [0.05, 0.1) is 24.8 Å². The first-order valence-corrected chi connectivity index (χ1v) is 5.30. The molecule has 1 aliphatic heterocycles. The standard InChI is InChI=1S/C11H15NO4/c1-8-5-12(2-3-15-8)6-10-4-9(7-16-10)11(13)14/h4,7-8H,2-3,5-6H2,1H3,(H,13,14). The number of nitrogens with zero attached hydrogens (tertiary/aromatic N) is 1. The Labute approximate surface area is 93.6 Å². The van der Waals surface area contributed by atoms with Crippen LogP contribution in [0, 0.1) is 0 Å². The van der Waals surface area contributed by atoms with E-state index >= 15 is 0 Å². The molecule has 1 fully saturated rings. The van der Waals surface area contributed by atoms with Gasteiger partial charge < -0.3 is 14.3 Å². The smallest absolute Gasteiger partial charge is 0.338 e. The molecule has 0 saturated carbocycles. The van der Waals surface area contributed by atoms with Crippen LogP contribution < -0.4 is 0 Å². The minimum absolute atomic E-state index is 0.205. The minimum atomic E-state index is -0.953. The van der Waals surface area contributed by atoms with Gasteiger partial charge in [0.15, 0.2) is 0 Å². The summed E-state index contributed by atoms with van der Waals surface area (Å²) < 4.78 is 10.6. The molecule has 1 unspecified atom stereocenters. The van der Waals surface area contributed by atoms with Gasteiger partial charge in [-0.05, 0) is 13.0 Å². The lowest BCUT2D eigenvalue weighted by Crippen LogP contribution is -2.40. The Morgan fingerprint density at radius 3 is 3.12 bits per heavy atom. The third kappa shape index (κ3) is 2.62. The van der Waals surface area contributed by atoms with Crippen molar-refractivity contribution in [2.24, 2.45) is 0 Å². The summed E-state index contributed by atoms with van der Waals surface area (Å²) in [6, 6.07) is 1.57. The molecule has 0 amide bonds. The fourth-order valence-electron chi connectivity index (χ4n) is 1.83. The molecule has 0 bridgehead atoms. The van der Waals surface area contributed by atoms with Gasteiger partial charge in [-0.15, -0.1) is 0 Å². The number of hydrogen-bond donors (Lipinski definition) is 1. The average molecular weight is 225 g/mol. The largest absolute Gasteiger partial charge is 0.478 e. The Hall–Kier alpha value is -1.33. The minimum Gasteiger partial charge on any atom is -0.478 e. The van der Waals surface area contributed by atoms with E-state index in [2.05, 4.69) is 4.90 Å². The van der Waals surface area contributed by atoms with Crippen LogP contribution in [-0.2, 0) is 11.3 Å². The molecule has 0 aliphatic carbocycles. The molecule has 0 aromatic carbocycles. The molecule has 5 nitrogen and oxygen atoms in total. The summed E-state index contributed by atoms with van der Waals surface area (Å²) in [4.78, 5) is 12.9. The number of ether oxygens (including phenoxy) is 1. The van der Waals surface area contributed by atoms with E-state index in [-0.39, 0.29) is 11.7 Å². The number of carboxylic acid groups (broad SMARTS) is 1. The Morgan fingerprint density at radius 1 is 1.69 bits per heavy atom. The number of rotatable bonds is 3. The molecule has 0 radical (unpaired) electrons. The summed E-state index contributed by atoms with van der Waals surface area (Å²) in [5, 5.41) is 8.75. The average Bonchev–Trinajstić information content (AvgIpc) is 2.66. The summed E-state index contributed by atoms with van der Waals surface area (Å²) in [6.07, 6.45) is 1.50. The fraction of sp³-hybridized carbons (Fsp3) is 0.545. The van der Waals surface area contributed by atoms with E-state index in [9.17, 15) is 4.79 Å². The lowest BCUT2D eigenvalue weighted by Gasteiger charge is -2.30. The van der Waals surface area contributed by atoms with Crippen molar-refractivity contribution >= 4 is 5.97 Å². The maximum atomic E-state index is 10.7. The number of carbonyl (C=O) groups is 1. The lowest BCUT2D eigenvalue weighted by atomic mass is 10.2. The van der Waals surface area contributed by atoms with Gasteiger partial charge in [0.25, 0.3) is 0 Å². The van der Waals surface area contributed by atoms with Crippen LogP contribution in [0.2, 0.25) is 0 Å². The Bertz CT molecular complexity index is 374. The van der Waals surface area contributed by atoms with Crippen molar-refractivity contribution in [1.82, 2.24) is 4.90 Å². The number of hydrogen-bond acceptors (Lipinski definition) is 4. The van der Waals surface area contributed by atoms with Crippen LogP contribution in [0.25, 0.3) is 0 Å². The van der Waals surface area contributed by atoms with Crippen molar-refractivity contribution in [1.29, 1.82) is 0 Å². The molecule has 1 aromatic rings. The monoisotopic (exact) mass is 225 g/mol. The van der Waals surface area contributed by atoms with Crippen LogP contribution in [0.1, 0.15) is 23.0 Å². The van der Waals surface area contributed by atoms with Gasteiger partial charge in [0.1, 0.15) is 12.0 Å². The highest BCUT2D eigenvalue weighted by Crippen LogP contribution is 2.13. The normalized spacial score (nSPS) is 22.2. The zero-order valence-electron chi connectivity index (χ0n) is 9.18. The number of furan rings is 1. The second-order valence-corrected chi connectivity index (χ2v) is 4.02. The fourth-order valence-corrected chi connectivity index (χ4v) is 1.83. The van der Waals surface area contributed by atoms with Crippen LogP contribution in [-0.4, -0.2) is 41.8 Å². The molecule has 5 heteroatoms. The first kappa shape index (κ1) is 11.2. The van der Waals surface area contributed by atoms with Crippen molar-refractivity contribution in [3.63, 3.8) is 0 Å². The van der Waals surface area contributed by atoms with E-state index in [0.29, 0.717) is 18.9 Å². The predicted molar refractivity (Wildman–Crippen MR) is 56.4 cm³/mol. The SMILES string of the molecule is CC1CN(Cc2cc(C(=O)O)co2)CCO1. The molecule has 88 valence electrons. The van der Waals surface area contributed by atoms with E-state index in [1.54, 1.807) is 6.07 Å². The molecule has 1 aromatic heterocycles. The van der Waals surface area contributed by atoms with Crippen molar-refractivity contribution < 1.29 is 19.1 Å². The molecule has 1 saturated heterocycles. The van der Waals surface area contributed by atoms with Crippen molar-refractivity contribution in [3.8, 4) is 0 Å². The zero-order chi connectivity index (χ0) is 11.5. The van der Waals surface area contributed by atoms with Gasteiger partial charge in [-0.3, -0.25) is 4.90 Å². The van der Waals surface area contributed by atoms with Gasteiger partial charge in [0.2, 0.25) is 0 Å². The highest BCUT2D eigenvalue weighted by molar-refractivity contribution is 5.87. The quantitative estimate of drug-likeness (QED) is 0.837. The van der Waals surface area contributed by atoms with E-state index < -0.39 is 5.97 Å². The predicted octanol–water partition coefficient (Wildman–Crippen LogP) is 1.20. The molecule has 1 aliphatic rings. The third-order valence-electron chi connectivity index (χ3n) is 2.61. The zero-order valence-corrected chi connectivity index (χ0v) is 9.18. The highest BCUT2D eigenvalue weighted by Gasteiger charge is 2.18. The van der Waals surface area contributed by atoms with E-state index in [1.807, 2.05) is 6.92 Å². The third-order valence-corrected chi connectivity index (χ3v) is 2.61. The summed E-state index contributed by atoms with van der Waals surface area (Å²) in [6.45, 7) is 5.09. The van der Waals surface area contributed by atoms with Gasteiger partial charge in [-0.1, -0.05) is 0 Å². The molecule has 1 atom stereocenters. The van der Waals surface area contributed by atoms with Crippen LogP contribution in [0.5, 0.6) is 0 Å². The summed E-state index contributed by atoms with van der Waals surface area (Å²) >= 11 is 0. The first-order valence-electron chi connectivity index (χ1n) is 5.30. The van der Waals surface area contributed by atoms with Crippen LogP contribution in [0.4, 0.5) is 0 Å². The lowest BCUT2D eigenvalue weighted by molar-refractivity contribution is -0.0230. The van der Waals surface area contributed by atoms with Crippen molar-refractivity contribution in [2.75, 3.05) is 19.7 Å². The maximum Gasteiger partial charge on any atom is 0.338 e. The van der Waals surface area contributed by atoms with Crippen molar-refractivity contribution in [3.05, 3.63) is 23.7 Å².